The predicted molar refractivity (Wildman–Crippen MR) is 85.5 cm³/mol. The van der Waals surface area contributed by atoms with E-state index in [2.05, 4.69) is 88.0 Å². The lowest BCUT2D eigenvalue weighted by Gasteiger charge is -2.11. The quantitative estimate of drug-likeness (QED) is 0.261. The SMILES string of the molecule is Brc1c(Br)c(Br)c2c(c1Br)Cc1ccccc1-2. The molecule has 0 aromatic heterocycles. The average molecular weight is 482 g/mol. The molecule has 0 saturated carbocycles. The maximum absolute atomic E-state index is 3.69. The van der Waals surface area contributed by atoms with Gasteiger partial charge in [-0.05, 0) is 86.8 Å². The molecule has 0 aliphatic heterocycles. The summed E-state index contributed by atoms with van der Waals surface area (Å²) in [6, 6.07) is 8.55. The third-order valence-corrected chi connectivity index (χ3v) is 7.87. The Kier molecular flexibility index (Phi) is 3.27. The summed E-state index contributed by atoms with van der Waals surface area (Å²) in [6.45, 7) is 0. The Bertz CT molecular complexity index is 632. The fraction of sp³-hybridized carbons (Fsp3) is 0.0769. The highest BCUT2D eigenvalue weighted by molar-refractivity contribution is 9.15. The maximum Gasteiger partial charge on any atom is 0.0477 e. The zero-order valence-corrected chi connectivity index (χ0v) is 14.9. The van der Waals surface area contributed by atoms with Crippen molar-refractivity contribution < 1.29 is 0 Å². The van der Waals surface area contributed by atoms with Crippen LogP contribution in [0.4, 0.5) is 0 Å². The molecule has 0 amide bonds. The van der Waals surface area contributed by atoms with Gasteiger partial charge in [-0.15, -0.1) is 0 Å². The van der Waals surface area contributed by atoms with Crippen LogP contribution in [0.1, 0.15) is 11.1 Å². The smallest absolute Gasteiger partial charge is 0.0477 e. The molecule has 4 heteroatoms. The molecule has 0 nitrogen and oxygen atoms in total. The standard InChI is InChI=1S/C13H6Br4/c14-10-8-5-6-3-1-2-4-7(6)9(8)11(15)13(17)12(10)16/h1-4H,5H2. The second-order valence-corrected chi connectivity index (χ2v) is 7.12. The largest absolute Gasteiger partial charge is 0.0619 e. The van der Waals surface area contributed by atoms with Crippen molar-refractivity contribution in [1.29, 1.82) is 0 Å². The molecule has 0 bridgehead atoms. The highest BCUT2D eigenvalue weighted by atomic mass is 79.9. The van der Waals surface area contributed by atoms with E-state index in [4.69, 9.17) is 0 Å². The number of halogens is 4. The van der Waals surface area contributed by atoms with Gasteiger partial charge in [-0.3, -0.25) is 0 Å². The van der Waals surface area contributed by atoms with E-state index in [1.807, 2.05) is 0 Å². The molecule has 0 atom stereocenters. The van der Waals surface area contributed by atoms with Crippen molar-refractivity contribution in [2.45, 2.75) is 6.42 Å². The molecule has 3 rings (SSSR count). The van der Waals surface area contributed by atoms with Crippen LogP contribution in [0.2, 0.25) is 0 Å². The maximum atomic E-state index is 3.69. The topological polar surface area (TPSA) is 0 Å². The molecular formula is C13H6Br4. The van der Waals surface area contributed by atoms with Gasteiger partial charge in [-0.25, -0.2) is 0 Å². The van der Waals surface area contributed by atoms with Crippen LogP contribution in [-0.2, 0) is 6.42 Å². The van der Waals surface area contributed by atoms with Gasteiger partial charge in [0.2, 0.25) is 0 Å². The number of hydrogen-bond donors (Lipinski definition) is 0. The molecule has 0 unspecified atom stereocenters. The number of fused-ring (bicyclic) bond motifs is 3. The van der Waals surface area contributed by atoms with E-state index >= 15 is 0 Å². The summed E-state index contributed by atoms with van der Waals surface area (Å²) >= 11 is 14.6. The van der Waals surface area contributed by atoms with Gasteiger partial charge in [0, 0.05) is 23.5 Å². The summed E-state index contributed by atoms with van der Waals surface area (Å²) in [6.07, 6.45) is 0.983. The van der Waals surface area contributed by atoms with Gasteiger partial charge in [-0.1, -0.05) is 24.3 Å². The van der Waals surface area contributed by atoms with Gasteiger partial charge in [0.25, 0.3) is 0 Å². The van der Waals surface area contributed by atoms with Gasteiger partial charge in [0.15, 0.2) is 0 Å². The summed E-state index contributed by atoms with van der Waals surface area (Å²) in [5, 5.41) is 0. The Morgan fingerprint density at radius 1 is 0.765 bits per heavy atom. The monoisotopic (exact) mass is 478 g/mol. The molecule has 0 fully saturated rings. The number of hydrogen-bond acceptors (Lipinski definition) is 0. The minimum atomic E-state index is 0.983. The highest BCUT2D eigenvalue weighted by Crippen LogP contribution is 2.50. The zero-order chi connectivity index (χ0) is 12.2. The van der Waals surface area contributed by atoms with Gasteiger partial charge in [-0.2, -0.15) is 0 Å². The van der Waals surface area contributed by atoms with E-state index in [-0.39, 0.29) is 0 Å². The fourth-order valence-electron chi connectivity index (χ4n) is 2.23. The second kappa shape index (κ2) is 4.48. The lowest BCUT2D eigenvalue weighted by atomic mass is 10.1. The summed E-state index contributed by atoms with van der Waals surface area (Å²) in [7, 11) is 0. The van der Waals surface area contributed by atoms with Gasteiger partial charge in [0.05, 0.1) is 0 Å². The number of rotatable bonds is 0. The van der Waals surface area contributed by atoms with Crippen molar-refractivity contribution in [3.63, 3.8) is 0 Å². The molecule has 0 saturated heterocycles. The second-order valence-electron chi connectivity index (χ2n) is 3.94. The summed E-state index contributed by atoms with van der Waals surface area (Å²) < 4.78 is 4.38. The predicted octanol–water partition coefficient (Wildman–Crippen LogP) is 6.31. The third-order valence-electron chi connectivity index (χ3n) is 3.02. The van der Waals surface area contributed by atoms with E-state index in [0.717, 1.165) is 24.3 Å². The van der Waals surface area contributed by atoms with Crippen molar-refractivity contribution >= 4 is 63.7 Å². The van der Waals surface area contributed by atoms with Crippen LogP contribution in [0.25, 0.3) is 11.1 Å². The number of benzene rings is 2. The lowest BCUT2D eigenvalue weighted by molar-refractivity contribution is 1.23. The van der Waals surface area contributed by atoms with Gasteiger partial charge < -0.3 is 0 Å². The summed E-state index contributed by atoms with van der Waals surface area (Å²) in [5.74, 6) is 0. The molecule has 1 aliphatic carbocycles. The van der Waals surface area contributed by atoms with Gasteiger partial charge >= 0.3 is 0 Å². The van der Waals surface area contributed by atoms with E-state index in [0.29, 0.717) is 0 Å². The molecular weight excluding hydrogens is 476 g/mol. The molecule has 0 N–H and O–H groups in total. The van der Waals surface area contributed by atoms with Crippen molar-refractivity contribution in [3.8, 4) is 11.1 Å². The van der Waals surface area contributed by atoms with E-state index in [9.17, 15) is 0 Å². The highest BCUT2D eigenvalue weighted by Gasteiger charge is 2.26. The van der Waals surface area contributed by atoms with E-state index < -0.39 is 0 Å². The average Bonchev–Trinajstić information content (AvgIpc) is 2.73. The molecule has 0 spiro atoms. The van der Waals surface area contributed by atoms with Crippen LogP contribution in [-0.4, -0.2) is 0 Å². The molecule has 2 aromatic carbocycles. The minimum absolute atomic E-state index is 0.983. The normalized spacial score (nSPS) is 12.5. The van der Waals surface area contributed by atoms with Crippen molar-refractivity contribution in [2.75, 3.05) is 0 Å². The van der Waals surface area contributed by atoms with Crippen LogP contribution >= 0.6 is 63.7 Å². The van der Waals surface area contributed by atoms with Crippen molar-refractivity contribution in [2.24, 2.45) is 0 Å². The molecule has 0 heterocycles. The Balaban J connectivity index is 2.41. The molecule has 1 aliphatic rings. The third kappa shape index (κ3) is 1.79. The molecule has 2 aromatic rings. The Morgan fingerprint density at radius 2 is 1.41 bits per heavy atom. The van der Waals surface area contributed by atoms with Crippen LogP contribution < -0.4 is 0 Å². The summed E-state index contributed by atoms with van der Waals surface area (Å²) in [5.41, 5.74) is 5.34. The first-order chi connectivity index (χ1) is 8.11. The van der Waals surface area contributed by atoms with Crippen molar-refractivity contribution in [3.05, 3.63) is 53.3 Å². The first-order valence-corrected chi connectivity index (χ1v) is 8.21. The fourth-order valence-corrected chi connectivity index (χ4v) is 4.79. The minimum Gasteiger partial charge on any atom is -0.0619 e. The Morgan fingerprint density at radius 3 is 2.18 bits per heavy atom. The Hall–Kier alpha value is 0.360. The summed E-state index contributed by atoms with van der Waals surface area (Å²) in [4.78, 5) is 0. The van der Waals surface area contributed by atoms with E-state index in [1.165, 1.54) is 22.3 Å². The Labute approximate surface area is 133 Å². The van der Waals surface area contributed by atoms with E-state index in [1.54, 1.807) is 0 Å². The first kappa shape index (κ1) is 12.4. The van der Waals surface area contributed by atoms with Crippen LogP contribution in [0, 0.1) is 0 Å². The molecule has 17 heavy (non-hydrogen) atoms. The molecule has 86 valence electrons. The van der Waals surface area contributed by atoms with Crippen LogP contribution in [0.3, 0.4) is 0 Å². The zero-order valence-electron chi connectivity index (χ0n) is 8.53. The van der Waals surface area contributed by atoms with Gasteiger partial charge in [0.1, 0.15) is 0 Å². The molecule has 0 radical (unpaired) electrons. The van der Waals surface area contributed by atoms with Crippen molar-refractivity contribution in [1.82, 2.24) is 0 Å². The van der Waals surface area contributed by atoms with Crippen LogP contribution in [0.5, 0.6) is 0 Å². The lowest BCUT2D eigenvalue weighted by Crippen LogP contribution is -1.88. The first-order valence-electron chi connectivity index (χ1n) is 5.04. The van der Waals surface area contributed by atoms with Crippen LogP contribution in [0.15, 0.2) is 42.2 Å².